The van der Waals surface area contributed by atoms with E-state index in [1.54, 1.807) is 4.90 Å². The molecule has 0 saturated carbocycles. The van der Waals surface area contributed by atoms with Crippen LogP contribution in [-0.4, -0.2) is 48.7 Å². The molecule has 1 aromatic heterocycles. The Morgan fingerprint density at radius 1 is 1.07 bits per heavy atom. The van der Waals surface area contributed by atoms with Crippen LogP contribution in [0.5, 0.6) is 0 Å². The lowest BCUT2D eigenvalue weighted by Crippen LogP contribution is -2.48. The van der Waals surface area contributed by atoms with Gasteiger partial charge in [0.05, 0.1) is 17.0 Å². The minimum Gasteiger partial charge on any atom is -0.369 e. The summed E-state index contributed by atoms with van der Waals surface area (Å²) < 4.78 is 92.2. The second-order valence-corrected chi connectivity index (χ2v) is 8.54. The Morgan fingerprint density at radius 3 is 2.21 bits per heavy atom. The molecule has 1 aliphatic heterocycles. The molecule has 3 rings (SSSR count). The van der Waals surface area contributed by atoms with Crippen molar-refractivity contribution in [3.63, 3.8) is 0 Å². The highest BCUT2D eigenvalue weighted by molar-refractivity contribution is 7.89. The first-order valence-electron chi connectivity index (χ1n) is 8.69. The first kappa shape index (κ1) is 21.5. The van der Waals surface area contributed by atoms with E-state index in [-0.39, 0.29) is 42.5 Å². The summed E-state index contributed by atoms with van der Waals surface area (Å²) in [5.74, 6) is 0. The lowest BCUT2D eigenvalue weighted by molar-refractivity contribution is -0.137. The maximum atomic E-state index is 13.0. The van der Waals surface area contributed by atoms with Crippen molar-refractivity contribution in [1.29, 1.82) is 0 Å². The molecule has 0 atom stereocenters. The van der Waals surface area contributed by atoms with Crippen molar-refractivity contribution < 1.29 is 30.4 Å². The van der Waals surface area contributed by atoms with Crippen LogP contribution >= 0.6 is 0 Å². The van der Waals surface area contributed by atoms with Crippen molar-refractivity contribution in [3.05, 3.63) is 41.2 Å². The number of piperazine rings is 1. The molecular weight excluding hydrogens is 419 g/mol. The quantitative estimate of drug-likeness (QED) is 0.687. The molecule has 0 aliphatic carbocycles. The Bertz CT molecular complexity index is 996. The van der Waals surface area contributed by atoms with E-state index in [4.69, 9.17) is 0 Å². The van der Waals surface area contributed by atoms with E-state index in [1.807, 2.05) is 0 Å². The first-order chi connectivity index (χ1) is 13.4. The first-order valence-corrected chi connectivity index (χ1v) is 10.1. The summed E-state index contributed by atoms with van der Waals surface area (Å²) in [5.41, 5.74) is -0.619. The summed E-state index contributed by atoms with van der Waals surface area (Å²) in [6, 6.07) is 4.81. The van der Waals surface area contributed by atoms with Crippen LogP contribution in [0.15, 0.2) is 29.2 Å². The average Bonchev–Trinajstić information content (AvgIpc) is 2.96. The molecular formula is C17H19F5N4O2S. The molecule has 1 aliphatic rings. The van der Waals surface area contributed by atoms with E-state index in [1.165, 1.54) is 26.0 Å². The molecule has 1 fully saturated rings. The predicted molar refractivity (Wildman–Crippen MR) is 95.4 cm³/mol. The largest absolute Gasteiger partial charge is 0.416 e. The van der Waals surface area contributed by atoms with E-state index in [0.29, 0.717) is 10.4 Å². The monoisotopic (exact) mass is 438 g/mol. The van der Waals surface area contributed by atoms with Gasteiger partial charge in [-0.2, -0.15) is 31.4 Å². The lowest BCUT2D eigenvalue weighted by Gasteiger charge is -2.35. The number of sulfonamides is 1. The highest BCUT2D eigenvalue weighted by atomic mass is 32.2. The maximum absolute atomic E-state index is 13.0. The van der Waals surface area contributed by atoms with Crippen LogP contribution in [0.2, 0.25) is 0 Å². The number of benzene rings is 1. The molecule has 2 aromatic rings. The molecule has 0 unspecified atom stereocenters. The second kappa shape index (κ2) is 7.56. The zero-order valence-electron chi connectivity index (χ0n) is 15.6. The third-order valence-electron chi connectivity index (χ3n) is 4.82. The number of alkyl halides is 5. The lowest BCUT2D eigenvalue weighted by atomic mass is 10.1. The summed E-state index contributed by atoms with van der Waals surface area (Å²) in [6.45, 7) is 0.00314. The van der Waals surface area contributed by atoms with Gasteiger partial charge >= 0.3 is 12.7 Å². The number of aryl methyl sites for hydroxylation is 1. The van der Waals surface area contributed by atoms with Gasteiger partial charge in [0.1, 0.15) is 4.90 Å². The standard InChI is InChI=1S/C17H19F5N4O2S/c1-11-15(12(2)26(23-11)16(18)19)29(27,28)25-8-6-24(7-9-25)14-5-3-4-13(10-14)17(20,21)22/h3-5,10,16H,6-9H2,1-2H3. The van der Waals surface area contributed by atoms with E-state index in [9.17, 15) is 30.4 Å². The van der Waals surface area contributed by atoms with Crippen LogP contribution < -0.4 is 4.90 Å². The number of rotatable bonds is 4. The number of halogens is 5. The predicted octanol–water partition coefficient (Wildman–Crippen LogP) is 3.42. The fraction of sp³-hybridized carbons (Fsp3) is 0.471. The molecule has 0 spiro atoms. The molecule has 0 N–H and O–H groups in total. The summed E-state index contributed by atoms with van der Waals surface area (Å²) in [4.78, 5) is 1.40. The van der Waals surface area contributed by atoms with Gasteiger partial charge < -0.3 is 4.90 Å². The minimum absolute atomic E-state index is 0.0112. The van der Waals surface area contributed by atoms with Crippen LogP contribution in [0, 0.1) is 13.8 Å². The topological polar surface area (TPSA) is 58.4 Å². The number of aromatic nitrogens is 2. The third kappa shape index (κ3) is 4.08. The van der Waals surface area contributed by atoms with Gasteiger partial charge in [0.25, 0.3) is 0 Å². The zero-order valence-corrected chi connectivity index (χ0v) is 16.4. The SMILES string of the molecule is Cc1nn(C(F)F)c(C)c1S(=O)(=O)N1CCN(c2cccc(C(F)(F)F)c2)CC1. The summed E-state index contributed by atoms with van der Waals surface area (Å²) in [7, 11) is -4.06. The minimum atomic E-state index is -4.47. The summed E-state index contributed by atoms with van der Waals surface area (Å²) >= 11 is 0. The number of anilines is 1. The van der Waals surface area contributed by atoms with Gasteiger partial charge in [-0.05, 0) is 32.0 Å². The number of nitrogens with zero attached hydrogens (tertiary/aromatic N) is 4. The molecule has 6 nitrogen and oxygen atoms in total. The summed E-state index contributed by atoms with van der Waals surface area (Å²) in [5, 5.41) is 3.61. The van der Waals surface area contributed by atoms with Crippen LogP contribution in [0.3, 0.4) is 0 Å². The number of hydrogen-bond acceptors (Lipinski definition) is 4. The number of hydrogen-bond donors (Lipinski definition) is 0. The van der Waals surface area contributed by atoms with Gasteiger partial charge in [-0.3, -0.25) is 0 Å². The van der Waals surface area contributed by atoms with E-state index < -0.39 is 28.3 Å². The van der Waals surface area contributed by atoms with Crippen LogP contribution in [-0.2, 0) is 16.2 Å². The molecule has 29 heavy (non-hydrogen) atoms. The highest BCUT2D eigenvalue weighted by Gasteiger charge is 2.35. The fourth-order valence-electron chi connectivity index (χ4n) is 3.41. The van der Waals surface area contributed by atoms with Gasteiger partial charge in [0.2, 0.25) is 10.0 Å². The smallest absolute Gasteiger partial charge is 0.369 e. The molecule has 0 bridgehead atoms. The average molecular weight is 438 g/mol. The Kier molecular flexibility index (Phi) is 5.60. The second-order valence-electron chi connectivity index (χ2n) is 6.66. The van der Waals surface area contributed by atoms with Crippen molar-refractivity contribution >= 4 is 15.7 Å². The van der Waals surface area contributed by atoms with Crippen LogP contribution in [0.1, 0.15) is 23.5 Å². The molecule has 0 radical (unpaired) electrons. The molecule has 12 heteroatoms. The third-order valence-corrected chi connectivity index (χ3v) is 6.97. The Balaban J connectivity index is 1.79. The van der Waals surface area contributed by atoms with Gasteiger partial charge in [0, 0.05) is 31.9 Å². The Labute approximate surface area is 164 Å². The Morgan fingerprint density at radius 2 is 1.69 bits per heavy atom. The molecule has 1 saturated heterocycles. The van der Waals surface area contributed by atoms with E-state index >= 15 is 0 Å². The molecule has 2 heterocycles. The van der Waals surface area contributed by atoms with E-state index in [0.717, 1.165) is 16.4 Å². The normalized spacial score (nSPS) is 16.6. The Hall–Kier alpha value is -2.21. The van der Waals surface area contributed by atoms with Crippen molar-refractivity contribution in [1.82, 2.24) is 14.1 Å². The fourth-order valence-corrected chi connectivity index (χ4v) is 5.19. The van der Waals surface area contributed by atoms with Gasteiger partial charge in [0.15, 0.2) is 0 Å². The van der Waals surface area contributed by atoms with Gasteiger partial charge in [-0.15, -0.1) is 0 Å². The van der Waals surface area contributed by atoms with Crippen LogP contribution in [0.25, 0.3) is 0 Å². The molecule has 160 valence electrons. The van der Waals surface area contributed by atoms with Crippen molar-refractivity contribution in [2.24, 2.45) is 0 Å². The van der Waals surface area contributed by atoms with Gasteiger partial charge in [-0.1, -0.05) is 6.07 Å². The van der Waals surface area contributed by atoms with Crippen LogP contribution in [0.4, 0.5) is 27.6 Å². The van der Waals surface area contributed by atoms with Crippen molar-refractivity contribution in [2.75, 3.05) is 31.1 Å². The van der Waals surface area contributed by atoms with Crippen molar-refractivity contribution in [2.45, 2.75) is 31.5 Å². The van der Waals surface area contributed by atoms with E-state index in [2.05, 4.69) is 5.10 Å². The molecule has 1 aromatic carbocycles. The molecule has 0 amide bonds. The zero-order chi connectivity index (χ0) is 21.6. The van der Waals surface area contributed by atoms with Gasteiger partial charge in [-0.25, -0.2) is 13.1 Å². The summed E-state index contributed by atoms with van der Waals surface area (Å²) in [6.07, 6.45) is -4.47. The van der Waals surface area contributed by atoms with Crippen molar-refractivity contribution in [3.8, 4) is 0 Å². The highest BCUT2D eigenvalue weighted by Crippen LogP contribution is 2.32. The maximum Gasteiger partial charge on any atom is 0.416 e.